The van der Waals surface area contributed by atoms with Crippen molar-refractivity contribution in [3.63, 3.8) is 0 Å². The zero-order valence-corrected chi connectivity index (χ0v) is 8.19. The first-order valence-corrected chi connectivity index (χ1v) is 4.66. The van der Waals surface area contributed by atoms with Crippen LogP contribution in [0.3, 0.4) is 0 Å². The standard InChI is InChI=1S/C11H12FNO2/c12-10-3-1-2-4-11(10)15-8-6-9(14)5-7-13/h1-4,9,14H,5-6,8H2. The molecule has 0 aliphatic heterocycles. The van der Waals surface area contributed by atoms with Crippen LogP contribution in [0.15, 0.2) is 24.3 Å². The Hall–Kier alpha value is -1.60. The van der Waals surface area contributed by atoms with E-state index in [0.29, 0.717) is 6.42 Å². The third kappa shape index (κ3) is 3.96. The Bertz CT molecular complexity index is 349. The van der Waals surface area contributed by atoms with E-state index in [-0.39, 0.29) is 18.8 Å². The molecule has 0 aliphatic rings. The fraction of sp³-hybridized carbons (Fsp3) is 0.364. The molecule has 1 N–H and O–H groups in total. The number of ether oxygens (including phenoxy) is 1. The smallest absolute Gasteiger partial charge is 0.165 e. The highest BCUT2D eigenvalue weighted by molar-refractivity contribution is 5.23. The molecule has 1 unspecified atom stereocenters. The van der Waals surface area contributed by atoms with Crippen LogP contribution in [0.5, 0.6) is 5.75 Å². The van der Waals surface area contributed by atoms with Crippen LogP contribution in [0.25, 0.3) is 0 Å². The third-order valence-electron chi connectivity index (χ3n) is 1.87. The summed E-state index contributed by atoms with van der Waals surface area (Å²) < 4.78 is 18.1. The lowest BCUT2D eigenvalue weighted by Gasteiger charge is -2.08. The largest absolute Gasteiger partial charge is 0.490 e. The molecule has 80 valence electrons. The second-order valence-electron chi connectivity index (χ2n) is 3.08. The summed E-state index contributed by atoms with van der Waals surface area (Å²) in [6.45, 7) is 0.198. The highest BCUT2D eigenvalue weighted by Gasteiger charge is 2.05. The van der Waals surface area contributed by atoms with Crippen molar-refractivity contribution >= 4 is 0 Å². The van der Waals surface area contributed by atoms with Crippen molar-refractivity contribution in [3.05, 3.63) is 30.1 Å². The van der Waals surface area contributed by atoms with Crippen LogP contribution in [0.4, 0.5) is 4.39 Å². The van der Waals surface area contributed by atoms with Crippen molar-refractivity contribution in [2.75, 3.05) is 6.61 Å². The van der Waals surface area contributed by atoms with Gasteiger partial charge in [-0.05, 0) is 12.1 Å². The Morgan fingerprint density at radius 1 is 1.47 bits per heavy atom. The predicted octanol–water partition coefficient (Wildman–Crippen LogP) is 1.87. The van der Waals surface area contributed by atoms with Gasteiger partial charge in [0.1, 0.15) is 0 Å². The van der Waals surface area contributed by atoms with E-state index >= 15 is 0 Å². The third-order valence-corrected chi connectivity index (χ3v) is 1.87. The molecule has 1 rings (SSSR count). The molecule has 0 amide bonds. The van der Waals surface area contributed by atoms with Gasteiger partial charge in [0, 0.05) is 6.42 Å². The molecular weight excluding hydrogens is 197 g/mol. The van der Waals surface area contributed by atoms with Gasteiger partial charge in [0.2, 0.25) is 0 Å². The van der Waals surface area contributed by atoms with Gasteiger partial charge in [-0.15, -0.1) is 0 Å². The minimum absolute atomic E-state index is 0.0701. The molecule has 0 bridgehead atoms. The SMILES string of the molecule is N#CCC(O)CCOc1ccccc1F. The summed E-state index contributed by atoms with van der Waals surface area (Å²) in [7, 11) is 0. The zero-order valence-electron chi connectivity index (χ0n) is 8.19. The quantitative estimate of drug-likeness (QED) is 0.805. The summed E-state index contributed by atoms with van der Waals surface area (Å²) in [5, 5.41) is 17.5. The van der Waals surface area contributed by atoms with Crippen LogP contribution in [-0.4, -0.2) is 17.8 Å². The van der Waals surface area contributed by atoms with Crippen molar-refractivity contribution in [3.8, 4) is 11.8 Å². The van der Waals surface area contributed by atoms with Gasteiger partial charge in [-0.3, -0.25) is 0 Å². The van der Waals surface area contributed by atoms with Gasteiger partial charge >= 0.3 is 0 Å². The molecule has 0 aliphatic carbocycles. The van der Waals surface area contributed by atoms with Gasteiger partial charge in [0.15, 0.2) is 11.6 Å². The van der Waals surface area contributed by atoms with E-state index in [0.717, 1.165) is 0 Å². The average Bonchev–Trinajstić information content (AvgIpc) is 2.21. The Labute approximate surface area is 87.7 Å². The van der Waals surface area contributed by atoms with E-state index in [1.54, 1.807) is 12.1 Å². The number of halogens is 1. The maximum Gasteiger partial charge on any atom is 0.165 e. The number of nitrogens with zero attached hydrogens (tertiary/aromatic N) is 1. The normalized spacial score (nSPS) is 11.8. The van der Waals surface area contributed by atoms with Crippen LogP contribution < -0.4 is 4.74 Å². The average molecular weight is 209 g/mol. The number of para-hydroxylation sites is 1. The van der Waals surface area contributed by atoms with Gasteiger partial charge < -0.3 is 9.84 Å². The first kappa shape index (κ1) is 11.5. The Kier molecular flexibility index (Phi) is 4.58. The van der Waals surface area contributed by atoms with Crippen molar-refractivity contribution < 1.29 is 14.2 Å². The van der Waals surface area contributed by atoms with E-state index in [2.05, 4.69) is 0 Å². The molecule has 1 atom stereocenters. The lowest BCUT2D eigenvalue weighted by molar-refractivity contribution is 0.142. The minimum atomic E-state index is -0.707. The van der Waals surface area contributed by atoms with Crippen LogP contribution in [0.1, 0.15) is 12.8 Å². The van der Waals surface area contributed by atoms with E-state index in [1.807, 2.05) is 6.07 Å². The number of hydrogen-bond donors (Lipinski definition) is 1. The maximum absolute atomic E-state index is 13.0. The highest BCUT2D eigenvalue weighted by Crippen LogP contribution is 2.15. The van der Waals surface area contributed by atoms with Crippen molar-refractivity contribution in [2.45, 2.75) is 18.9 Å². The summed E-state index contributed by atoms with van der Waals surface area (Å²) in [6.07, 6.45) is -0.315. The van der Waals surface area contributed by atoms with Crippen LogP contribution in [-0.2, 0) is 0 Å². The number of benzene rings is 1. The number of aliphatic hydroxyl groups excluding tert-OH is 1. The van der Waals surface area contributed by atoms with Gasteiger partial charge in [0.05, 0.1) is 25.2 Å². The van der Waals surface area contributed by atoms with Crippen molar-refractivity contribution in [1.82, 2.24) is 0 Å². The fourth-order valence-electron chi connectivity index (χ4n) is 1.07. The molecule has 0 radical (unpaired) electrons. The first-order chi connectivity index (χ1) is 7.24. The van der Waals surface area contributed by atoms with Gasteiger partial charge in [-0.2, -0.15) is 5.26 Å². The highest BCUT2D eigenvalue weighted by atomic mass is 19.1. The van der Waals surface area contributed by atoms with Gasteiger partial charge in [-0.25, -0.2) is 4.39 Å². The molecule has 0 saturated carbocycles. The second-order valence-corrected chi connectivity index (χ2v) is 3.08. The molecule has 1 aromatic rings. The lowest BCUT2D eigenvalue weighted by Crippen LogP contribution is -2.11. The van der Waals surface area contributed by atoms with E-state index in [1.165, 1.54) is 12.1 Å². The molecule has 15 heavy (non-hydrogen) atoms. The van der Waals surface area contributed by atoms with Gasteiger partial charge in [0.25, 0.3) is 0 Å². The number of nitriles is 1. The number of aliphatic hydroxyl groups is 1. The fourth-order valence-corrected chi connectivity index (χ4v) is 1.07. The molecule has 0 heterocycles. The lowest BCUT2D eigenvalue weighted by atomic mass is 10.2. The van der Waals surface area contributed by atoms with Crippen molar-refractivity contribution in [2.24, 2.45) is 0 Å². The minimum Gasteiger partial charge on any atom is -0.490 e. The van der Waals surface area contributed by atoms with Crippen LogP contribution in [0, 0.1) is 17.1 Å². The molecule has 0 saturated heterocycles. The summed E-state index contributed by atoms with van der Waals surface area (Å²) in [6, 6.07) is 7.92. The number of rotatable bonds is 5. The molecule has 0 spiro atoms. The van der Waals surface area contributed by atoms with Crippen molar-refractivity contribution in [1.29, 1.82) is 5.26 Å². The molecule has 4 heteroatoms. The van der Waals surface area contributed by atoms with E-state index in [4.69, 9.17) is 10.00 Å². The predicted molar refractivity (Wildman–Crippen MR) is 52.7 cm³/mol. The van der Waals surface area contributed by atoms with Crippen LogP contribution in [0.2, 0.25) is 0 Å². The summed E-state index contributed by atoms with van der Waals surface area (Å²) in [5.41, 5.74) is 0. The maximum atomic E-state index is 13.0. The molecule has 0 aromatic heterocycles. The Balaban J connectivity index is 2.32. The molecule has 0 fully saturated rings. The van der Waals surface area contributed by atoms with E-state index < -0.39 is 11.9 Å². The summed E-state index contributed by atoms with van der Waals surface area (Å²) in [5.74, 6) is -0.256. The monoisotopic (exact) mass is 209 g/mol. The number of hydrogen-bond acceptors (Lipinski definition) is 3. The summed E-state index contributed by atoms with van der Waals surface area (Å²) in [4.78, 5) is 0. The topological polar surface area (TPSA) is 53.2 Å². The summed E-state index contributed by atoms with van der Waals surface area (Å²) >= 11 is 0. The van der Waals surface area contributed by atoms with Gasteiger partial charge in [-0.1, -0.05) is 12.1 Å². The van der Waals surface area contributed by atoms with Crippen LogP contribution >= 0.6 is 0 Å². The second kappa shape index (κ2) is 5.99. The molecular formula is C11H12FNO2. The Morgan fingerprint density at radius 2 is 2.20 bits per heavy atom. The van der Waals surface area contributed by atoms with E-state index in [9.17, 15) is 9.50 Å². The first-order valence-electron chi connectivity index (χ1n) is 4.66. The molecule has 1 aromatic carbocycles. The molecule has 3 nitrogen and oxygen atoms in total. The zero-order chi connectivity index (χ0) is 11.1. The Morgan fingerprint density at radius 3 is 2.87 bits per heavy atom.